The average molecular weight is 325 g/mol. The summed E-state index contributed by atoms with van der Waals surface area (Å²) in [5.41, 5.74) is 2.34. The zero-order chi connectivity index (χ0) is 17.0. The highest BCUT2D eigenvalue weighted by molar-refractivity contribution is 5.25. The van der Waals surface area contributed by atoms with Crippen molar-refractivity contribution in [2.45, 2.75) is 33.0 Å². The smallest absolute Gasteiger partial charge is 0.131 e. The van der Waals surface area contributed by atoms with Crippen molar-refractivity contribution in [1.29, 1.82) is 0 Å². The van der Waals surface area contributed by atoms with Gasteiger partial charge in [-0.15, -0.1) is 0 Å². The van der Waals surface area contributed by atoms with Crippen LogP contribution in [0.3, 0.4) is 0 Å². The van der Waals surface area contributed by atoms with Gasteiger partial charge in [0.25, 0.3) is 0 Å². The fourth-order valence-electron chi connectivity index (χ4n) is 2.57. The van der Waals surface area contributed by atoms with Crippen LogP contribution in [-0.4, -0.2) is 33.1 Å². The first kappa shape index (κ1) is 17.5. The molecule has 0 bridgehead atoms. The van der Waals surface area contributed by atoms with Gasteiger partial charge in [0.05, 0.1) is 30.5 Å². The van der Waals surface area contributed by atoms with Crippen LogP contribution >= 0.6 is 0 Å². The summed E-state index contributed by atoms with van der Waals surface area (Å²) in [5.74, 6) is -1.52. The minimum atomic E-state index is -1.27. The lowest BCUT2D eigenvalue weighted by Gasteiger charge is -2.14. The van der Waals surface area contributed by atoms with Crippen LogP contribution in [0.25, 0.3) is 0 Å². The van der Waals surface area contributed by atoms with Crippen LogP contribution in [0.5, 0.6) is 0 Å². The standard InChI is InChI=1S/C16H21F2N3O2/c1-10-12(11(2)21(20-10)6-7-22)8-19-9-15(23)16-13(17)4-3-5-14(16)18/h3-5,15,19,22-23H,6-9H2,1-2H3. The van der Waals surface area contributed by atoms with Gasteiger partial charge >= 0.3 is 0 Å². The molecule has 0 aliphatic carbocycles. The van der Waals surface area contributed by atoms with Gasteiger partial charge in [-0.25, -0.2) is 8.78 Å². The van der Waals surface area contributed by atoms with Gasteiger partial charge in [-0.2, -0.15) is 5.10 Å². The van der Waals surface area contributed by atoms with Crippen LogP contribution in [0.1, 0.15) is 28.6 Å². The Bertz CT molecular complexity index is 653. The van der Waals surface area contributed by atoms with E-state index in [4.69, 9.17) is 5.11 Å². The molecule has 0 radical (unpaired) electrons. The molecule has 1 atom stereocenters. The van der Waals surface area contributed by atoms with E-state index in [1.165, 1.54) is 6.07 Å². The Kier molecular flexibility index (Phi) is 5.81. The van der Waals surface area contributed by atoms with E-state index in [0.29, 0.717) is 13.1 Å². The van der Waals surface area contributed by atoms with Crippen molar-refractivity contribution in [3.8, 4) is 0 Å². The lowest BCUT2D eigenvalue weighted by atomic mass is 10.1. The molecule has 7 heteroatoms. The molecule has 1 aromatic carbocycles. The lowest BCUT2D eigenvalue weighted by molar-refractivity contribution is 0.164. The van der Waals surface area contributed by atoms with E-state index < -0.39 is 17.7 Å². The van der Waals surface area contributed by atoms with Crippen LogP contribution in [-0.2, 0) is 13.1 Å². The summed E-state index contributed by atoms with van der Waals surface area (Å²) in [5, 5.41) is 26.3. The number of nitrogens with zero attached hydrogens (tertiary/aromatic N) is 2. The van der Waals surface area contributed by atoms with Gasteiger partial charge in [0.1, 0.15) is 11.6 Å². The molecule has 23 heavy (non-hydrogen) atoms. The highest BCUT2D eigenvalue weighted by Gasteiger charge is 2.18. The second kappa shape index (κ2) is 7.63. The van der Waals surface area contributed by atoms with Crippen LogP contribution in [0, 0.1) is 25.5 Å². The number of aliphatic hydroxyl groups excluding tert-OH is 2. The normalized spacial score (nSPS) is 12.6. The Morgan fingerprint density at radius 1 is 1.26 bits per heavy atom. The van der Waals surface area contributed by atoms with Gasteiger partial charge in [-0.3, -0.25) is 4.68 Å². The Hall–Kier alpha value is -1.83. The Morgan fingerprint density at radius 3 is 2.52 bits per heavy atom. The van der Waals surface area contributed by atoms with Crippen LogP contribution < -0.4 is 5.32 Å². The minimum absolute atomic E-state index is 0.000103. The van der Waals surface area contributed by atoms with Crippen molar-refractivity contribution in [3.05, 3.63) is 52.3 Å². The minimum Gasteiger partial charge on any atom is -0.394 e. The maximum Gasteiger partial charge on any atom is 0.131 e. The number of benzene rings is 1. The number of hydrogen-bond acceptors (Lipinski definition) is 4. The highest BCUT2D eigenvalue weighted by Crippen LogP contribution is 2.20. The molecule has 0 saturated carbocycles. The topological polar surface area (TPSA) is 70.3 Å². The van der Waals surface area contributed by atoms with Gasteiger partial charge in [0.2, 0.25) is 0 Å². The van der Waals surface area contributed by atoms with E-state index in [2.05, 4.69) is 10.4 Å². The number of aryl methyl sites for hydroxylation is 1. The first-order valence-electron chi connectivity index (χ1n) is 7.42. The van der Waals surface area contributed by atoms with Crippen LogP contribution in [0.2, 0.25) is 0 Å². The molecular weight excluding hydrogens is 304 g/mol. The summed E-state index contributed by atoms with van der Waals surface area (Å²) >= 11 is 0. The molecule has 0 saturated heterocycles. The van der Waals surface area contributed by atoms with Crippen LogP contribution in [0.15, 0.2) is 18.2 Å². The quantitative estimate of drug-likeness (QED) is 0.723. The number of aromatic nitrogens is 2. The lowest BCUT2D eigenvalue weighted by Crippen LogP contribution is -2.23. The van der Waals surface area contributed by atoms with Gasteiger partial charge in [-0.1, -0.05) is 6.07 Å². The number of rotatable bonds is 7. The molecule has 1 unspecified atom stereocenters. The second-order valence-electron chi connectivity index (χ2n) is 5.38. The molecule has 2 aromatic rings. The second-order valence-corrected chi connectivity index (χ2v) is 5.38. The molecule has 126 valence electrons. The van der Waals surface area contributed by atoms with Crippen molar-refractivity contribution in [3.63, 3.8) is 0 Å². The number of aliphatic hydroxyl groups is 2. The van der Waals surface area contributed by atoms with Crippen molar-refractivity contribution in [2.24, 2.45) is 0 Å². The Morgan fingerprint density at radius 2 is 1.91 bits per heavy atom. The van der Waals surface area contributed by atoms with E-state index in [1.54, 1.807) is 4.68 Å². The largest absolute Gasteiger partial charge is 0.394 e. The van der Waals surface area contributed by atoms with E-state index in [9.17, 15) is 13.9 Å². The predicted molar refractivity (Wildman–Crippen MR) is 81.8 cm³/mol. The molecule has 3 N–H and O–H groups in total. The van der Waals surface area contributed by atoms with Crippen molar-refractivity contribution in [2.75, 3.05) is 13.2 Å². The van der Waals surface area contributed by atoms with E-state index in [-0.39, 0.29) is 18.7 Å². The number of nitrogens with one attached hydrogen (secondary N) is 1. The predicted octanol–water partition coefficient (Wildman–Crippen LogP) is 1.59. The summed E-state index contributed by atoms with van der Waals surface area (Å²) in [7, 11) is 0. The third-order valence-electron chi connectivity index (χ3n) is 3.82. The van der Waals surface area contributed by atoms with Crippen molar-refractivity contribution in [1.82, 2.24) is 15.1 Å². The van der Waals surface area contributed by atoms with Gasteiger partial charge in [-0.05, 0) is 26.0 Å². The van der Waals surface area contributed by atoms with E-state index in [0.717, 1.165) is 29.1 Å². The van der Waals surface area contributed by atoms with Crippen molar-refractivity contribution >= 4 is 0 Å². The number of hydrogen-bond donors (Lipinski definition) is 3. The Labute approximate surface area is 133 Å². The maximum absolute atomic E-state index is 13.6. The molecule has 0 aliphatic heterocycles. The summed E-state index contributed by atoms with van der Waals surface area (Å²) in [6.07, 6.45) is -1.27. The molecule has 0 fully saturated rings. The highest BCUT2D eigenvalue weighted by atomic mass is 19.1. The average Bonchev–Trinajstić information content (AvgIpc) is 2.75. The molecule has 0 amide bonds. The van der Waals surface area contributed by atoms with E-state index >= 15 is 0 Å². The van der Waals surface area contributed by atoms with Crippen LogP contribution in [0.4, 0.5) is 8.78 Å². The molecule has 0 spiro atoms. The fraction of sp³-hybridized carbons (Fsp3) is 0.438. The molecule has 2 rings (SSSR count). The fourth-order valence-corrected chi connectivity index (χ4v) is 2.57. The SMILES string of the molecule is Cc1nn(CCO)c(C)c1CNCC(O)c1c(F)cccc1F. The molecule has 0 aliphatic rings. The van der Waals surface area contributed by atoms with Gasteiger partial charge in [0.15, 0.2) is 0 Å². The third kappa shape index (κ3) is 3.93. The van der Waals surface area contributed by atoms with Gasteiger partial charge < -0.3 is 15.5 Å². The zero-order valence-electron chi connectivity index (χ0n) is 13.2. The number of halogens is 2. The summed E-state index contributed by atoms with van der Waals surface area (Å²) in [6.45, 7) is 4.58. The molecule has 1 aromatic heterocycles. The summed E-state index contributed by atoms with van der Waals surface area (Å²) in [4.78, 5) is 0. The molecular formula is C16H21F2N3O2. The summed E-state index contributed by atoms with van der Waals surface area (Å²) < 4.78 is 28.9. The van der Waals surface area contributed by atoms with E-state index in [1.807, 2.05) is 13.8 Å². The first-order chi connectivity index (χ1) is 11.0. The summed E-state index contributed by atoms with van der Waals surface area (Å²) in [6, 6.07) is 3.50. The molecule has 5 nitrogen and oxygen atoms in total. The zero-order valence-corrected chi connectivity index (χ0v) is 13.2. The van der Waals surface area contributed by atoms with Crippen molar-refractivity contribution < 1.29 is 19.0 Å². The monoisotopic (exact) mass is 325 g/mol. The Balaban J connectivity index is 2.00. The first-order valence-corrected chi connectivity index (χ1v) is 7.42. The third-order valence-corrected chi connectivity index (χ3v) is 3.82. The molecule has 1 heterocycles. The van der Waals surface area contributed by atoms with Gasteiger partial charge in [0, 0.05) is 24.3 Å². The maximum atomic E-state index is 13.6.